The van der Waals surface area contributed by atoms with Crippen LogP contribution in [-0.4, -0.2) is 34.2 Å². The number of hydrogen-bond acceptors (Lipinski definition) is 3. The molecule has 1 aromatic carbocycles. The molecule has 26 heavy (non-hydrogen) atoms. The van der Waals surface area contributed by atoms with Gasteiger partial charge in [0.05, 0.1) is 11.8 Å². The van der Waals surface area contributed by atoms with Gasteiger partial charge in [0, 0.05) is 22.3 Å². The Morgan fingerprint density at radius 3 is 2.54 bits per heavy atom. The first-order valence-electron chi connectivity index (χ1n) is 8.94. The SMILES string of the molecule is Cc1cc2cc(NC(=O)CN3C(=O)[C@@H]4[C@@H](C3=O)[C@H]3C=C[C@H]4C3)ccc2[nH]1. The maximum atomic E-state index is 12.6. The molecule has 2 fully saturated rings. The standard InChI is InChI=1S/C20H19N3O3/c1-10-6-13-8-14(4-5-15(13)21-10)22-16(24)9-23-19(25)17-11-2-3-12(7-11)18(17)20(23)26/h2-6,8,11-12,17-18,21H,7,9H2,1H3,(H,22,24)/t11-,12-,17-,18-/m0/s1. The average molecular weight is 349 g/mol. The van der Waals surface area contributed by atoms with Gasteiger partial charge in [-0.3, -0.25) is 19.3 Å². The van der Waals surface area contributed by atoms with E-state index in [1.54, 1.807) is 0 Å². The van der Waals surface area contributed by atoms with Crippen molar-refractivity contribution >= 4 is 34.3 Å². The van der Waals surface area contributed by atoms with Crippen LogP contribution in [0.3, 0.4) is 0 Å². The summed E-state index contributed by atoms with van der Waals surface area (Å²) in [4.78, 5) is 42.1. The van der Waals surface area contributed by atoms with Crippen LogP contribution in [0.5, 0.6) is 0 Å². The van der Waals surface area contributed by atoms with E-state index in [4.69, 9.17) is 0 Å². The Labute approximate surface area is 150 Å². The van der Waals surface area contributed by atoms with Crippen LogP contribution < -0.4 is 5.32 Å². The van der Waals surface area contributed by atoms with Crippen LogP contribution in [0.4, 0.5) is 5.69 Å². The Kier molecular flexibility index (Phi) is 3.13. The molecule has 2 N–H and O–H groups in total. The summed E-state index contributed by atoms with van der Waals surface area (Å²) >= 11 is 0. The van der Waals surface area contributed by atoms with Crippen LogP contribution in [0.25, 0.3) is 10.9 Å². The van der Waals surface area contributed by atoms with Crippen molar-refractivity contribution in [2.45, 2.75) is 13.3 Å². The lowest BCUT2D eigenvalue weighted by atomic mass is 9.85. The maximum Gasteiger partial charge on any atom is 0.244 e. The molecule has 2 aromatic rings. The predicted molar refractivity (Wildman–Crippen MR) is 96.1 cm³/mol. The third-order valence-electron chi connectivity index (χ3n) is 5.90. The third kappa shape index (κ3) is 2.14. The molecule has 5 rings (SSSR count). The number of imide groups is 1. The van der Waals surface area contributed by atoms with Crippen molar-refractivity contribution in [2.24, 2.45) is 23.7 Å². The summed E-state index contributed by atoms with van der Waals surface area (Å²) in [7, 11) is 0. The lowest BCUT2D eigenvalue weighted by molar-refractivity contribution is -0.143. The number of benzene rings is 1. The van der Waals surface area contributed by atoms with E-state index >= 15 is 0 Å². The summed E-state index contributed by atoms with van der Waals surface area (Å²) in [6.45, 7) is 1.76. The van der Waals surface area contributed by atoms with Crippen molar-refractivity contribution in [3.8, 4) is 0 Å². The molecular weight excluding hydrogens is 330 g/mol. The highest BCUT2D eigenvalue weighted by molar-refractivity contribution is 6.09. The molecule has 6 nitrogen and oxygen atoms in total. The molecule has 1 aromatic heterocycles. The summed E-state index contributed by atoms with van der Waals surface area (Å²) in [5, 5.41) is 3.81. The zero-order valence-corrected chi connectivity index (χ0v) is 14.4. The Morgan fingerprint density at radius 1 is 1.15 bits per heavy atom. The zero-order valence-electron chi connectivity index (χ0n) is 14.4. The van der Waals surface area contributed by atoms with E-state index < -0.39 is 0 Å². The molecule has 0 radical (unpaired) electrons. The Balaban J connectivity index is 1.31. The number of likely N-dealkylation sites (tertiary alicyclic amines) is 1. The van der Waals surface area contributed by atoms with Crippen molar-refractivity contribution in [1.82, 2.24) is 9.88 Å². The van der Waals surface area contributed by atoms with Crippen LogP contribution in [0.15, 0.2) is 36.4 Å². The minimum absolute atomic E-state index is 0.161. The molecule has 3 aliphatic rings. The second-order valence-electron chi connectivity index (χ2n) is 7.57. The monoisotopic (exact) mass is 349 g/mol. The van der Waals surface area contributed by atoms with E-state index in [1.807, 2.05) is 31.2 Å². The number of nitrogens with zero attached hydrogens (tertiary/aromatic N) is 1. The summed E-state index contributed by atoms with van der Waals surface area (Å²) in [6, 6.07) is 7.59. The summed E-state index contributed by atoms with van der Waals surface area (Å²) in [6.07, 6.45) is 4.99. The van der Waals surface area contributed by atoms with E-state index in [-0.39, 0.29) is 47.9 Å². The maximum absolute atomic E-state index is 12.6. The number of H-pyrrole nitrogens is 1. The van der Waals surface area contributed by atoms with Gasteiger partial charge in [-0.25, -0.2) is 0 Å². The van der Waals surface area contributed by atoms with Crippen molar-refractivity contribution < 1.29 is 14.4 Å². The normalized spacial score (nSPS) is 29.0. The number of aromatic nitrogens is 1. The Morgan fingerprint density at radius 2 is 1.85 bits per heavy atom. The highest BCUT2D eigenvalue weighted by Crippen LogP contribution is 2.52. The van der Waals surface area contributed by atoms with Crippen LogP contribution in [-0.2, 0) is 14.4 Å². The largest absolute Gasteiger partial charge is 0.359 e. The van der Waals surface area contributed by atoms with Crippen LogP contribution in [0.2, 0.25) is 0 Å². The van der Waals surface area contributed by atoms with E-state index in [0.29, 0.717) is 5.69 Å². The van der Waals surface area contributed by atoms with Gasteiger partial charge in [0.15, 0.2) is 0 Å². The van der Waals surface area contributed by atoms with E-state index in [0.717, 1.165) is 27.9 Å². The molecule has 1 saturated carbocycles. The summed E-state index contributed by atoms with van der Waals surface area (Å²) in [5.74, 6) is -0.928. The van der Waals surface area contributed by atoms with Gasteiger partial charge in [-0.2, -0.15) is 0 Å². The average Bonchev–Trinajstić information content (AvgIpc) is 3.34. The predicted octanol–water partition coefficient (Wildman–Crippen LogP) is 2.22. The van der Waals surface area contributed by atoms with Gasteiger partial charge in [0.1, 0.15) is 6.54 Å². The van der Waals surface area contributed by atoms with Crippen molar-refractivity contribution in [3.63, 3.8) is 0 Å². The van der Waals surface area contributed by atoms with Gasteiger partial charge >= 0.3 is 0 Å². The number of amides is 3. The molecule has 1 saturated heterocycles. The van der Waals surface area contributed by atoms with E-state index in [1.165, 1.54) is 0 Å². The molecule has 1 aliphatic heterocycles. The lowest BCUT2D eigenvalue weighted by Gasteiger charge is -2.16. The molecule has 3 amide bonds. The lowest BCUT2D eigenvalue weighted by Crippen LogP contribution is -2.39. The smallest absolute Gasteiger partial charge is 0.244 e. The molecular formula is C20H19N3O3. The van der Waals surface area contributed by atoms with Gasteiger partial charge in [-0.1, -0.05) is 12.2 Å². The molecule has 2 bridgehead atoms. The number of carbonyl (C=O) groups excluding carboxylic acids is 3. The van der Waals surface area contributed by atoms with Gasteiger partial charge in [-0.15, -0.1) is 0 Å². The fraction of sp³-hybridized carbons (Fsp3) is 0.350. The number of aromatic amines is 1. The molecule has 4 atom stereocenters. The minimum Gasteiger partial charge on any atom is -0.359 e. The fourth-order valence-electron chi connectivity index (χ4n) is 4.82. The van der Waals surface area contributed by atoms with Gasteiger partial charge < -0.3 is 10.3 Å². The number of fused-ring (bicyclic) bond motifs is 6. The number of carbonyl (C=O) groups is 3. The van der Waals surface area contributed by atoms with E-state index in [2.05, 4.69) is 22.5 Å². The first-order valence-corrected chi connectivity index (χ1v) is 8.94. The molecule has 2 heterocycles. The highest BCUT2D eigenvalue weighted by atomic mass is 16.2. The number of allylic oxidation sites excluding steroid dienone is 2. The highest BCUT2D eigenvalue weighted by Gasteiger charge is 2.59. The van der Waals surface area contributed by atoms with Crippen molar-refractivity contribution in [1.29, 1.82) is 0 Å². The number of anilines is 1. The topological polar surface area (TPSA) is 82.3 Å². The summed E-state index contributed by atoms with van der Waals surface area (Å²) < 4.78 is 0. The summed E-state index contributed by atoms with van der Waals surface area (Å²) in [5.41, 5.74) is 2.70. The first kappa shape index (κ1) is 15.4. The quantitative estimate of drug-likeness (QED) is 0.658. The van der Waals surface area contributed by atoms with Crippen LogP contribution >= 0.6 is 0 Å². The van der Waals surface area contributed by atoms with Crippen molar-refractivity contribution in [3.05, 3.63) is 42.1 Å². The molecule has 2 aliphatic carbocycles. The third-order valence-corrected chi connectivity index (χ3v) is 5.90. The first-order chi connectivity index (χ1) is 12.5. The molecule has 6 heteroatoms. The second kappa shape index (κ2) is 5.30. The second-order valence-corrected chi connectivity index (χ2v) is 7.57. The van der Waals surface area contributed by atoms with Crippen LogP contribution in [0, 0.1) is 30.6 Å². The number of hydrogen-bond donors (Lipinski definition) is 2. The zero-order chi connectivity index (χ0) is 18.0. The fourth-order valence-corrected chi connectivity index (χ4v) is 4.82. The van der Waals surface area contributed by atoms with Crippen LogP contribution in [0.1, 0.15) is 12.1 Å². The van der Waals surface area contributed by atoms with E-state index in [9.17, 15) is 14.4 Å². The van der Waals surface area contributed by atoms with Gasteiger partial charge in [0.2, 0.25) is 17.7 Å². The van der Waals surface area contributed by atoms with Crippen molar-refractivity contribution in [2.75, 3.05) is 11.9 Å². The minimum atomic E-state index is -0.349. The Hall–Kier alpha value is -2.89. The molecule has 0 unspecified atom stereocenters. The molecule has 132 valence electrons. The van der Waals surface area contributed by atoms with Gasteiger partial charge in [0.25, 0.3) is 0 Å². The number of nitrogens with one attached hydrogen (secondary N) is 2. The molecule has 0 spiro atoms. The van der Waals surface area contributed by atoms with Gasteiger partial charge in [-0.05, 0) is 49.4 Å². The number of aryl methyl sites for hydroxylation is 1. The Bertz CT molecular complexity index is 959. The number of rotatable bonds is 3.